The molecule has 2 heterocycles. The summed E-state index contributed by atoms with van der Waals surface area (Å²) in [6, 6.07) is 17.1. The number of thiophene rings is 1. The van der Waals surface area contributed by atoms with Gasteiger partial charge in [-0.2, -0.15) is 0 Å². The van der Waals surface area contributed by atoms with Crippen molar-refractivity contribution in [2.45, 2.75) is 25.3 Å². The number of aromatic amines is 1. The smallest absolute Gasteiger partial charge is 0.262 e. The number of H-pyrrole nitrogens is 1. The molecule has 162 valence electrons. The minimum atomic E-state index is -3.60. The van der Waals surface area contributed by atoms with Crippen LogP contribution in [0, 0.1) is 13.8 Å². The van der Waals surface area contributed by atoms with Crippen molar-refractivity contribution in [3.8, 4) is 5.75 Å². The highest BCUT2D eigenvalue weighted by molar-refractivity contribution is 7.93. The first-order valence-electron chi connectivity index (χ1n) is 10.0. The zero-order chi connectivity index (χ0) is 21.8. The molecule has 0 saturated carbocycles. The standard InChI is InChI=1S/C23H25N3O3S2/c1-16-13-23(17(2)30-16)31(27,28)26-19-6-3-5-18(14-19)15-24-11-12-29-22-8-4-7-21-20(22)9-10-25-21/h3-10,13-14,24-26H,11-12,15H2,1-2H3. The number of hydrogen-bond acceptors (Lipinski definition) is 5. The summed E-state index contributed by atoms with van der Waals surface area (Å²) in [5.74, 6) is 0.857. The van der Waals surface area contributed by atoms with Crippen molar-refractivity contribution in [3.05, 3.63) is 76.1 Å². The van der Waals surface area contributed by atoms with Crippen LogP contribution in [0.15, 0.2) is 65.7 Å². The lowest BCUT2D eigenvalue weighted by atomic mass is 10.2. The van der Waals surface area contributed by atoms with E-state index in [4.69, 9.17) is 4.74 Å². The largest absolute Gasteiger partial charge is 0.492 e. The van der Waals surface area contributed by atoms with Crippen molar-refractivity contribution in [1.29, 1.82) is 0 Å². The second-order valence-electron chi connectivity index (χ2n) is 7.30. The molecule has 0 aliphatic heterocycles. The van der Waals surface area contributed by atoms with Crippen LogP contribution >= 0.6 is 11.3 Å². The third-order valence-electron chi connectivity index (χ3n) is 4.88. The minimum Gasteiger partial charge on any atom is -0.492 e. The van der Waals surface area contributed by atoms with Gasteiger partial charge in [0.05, 0.1) is 0 Å². The van der Waals surface area contributed by atoms with Crippen molar-refractivity contribution in [3.63, 3.8) is 0 Å². The minimum absolute atomic E-state index is 0.341. The van der Waals surface area contributed by atoms with Crippen LogP contribution in [0.4, 0.5) is 5.69 Å². The molecule has 4 rings (SSSR count). The lowest BCUT2D eigenvalue weighted by molar-refractivity contribution is 0.317. The zero-order valence-corrected chi connectivity index (χ0v) is 19.1. The van der Waals surface area contributed by atoms with Crippen molar-refractivity contribution >= 4 is 38.0 Å². The van der Waals surface area contributed by atoms with E-state index >= 15 is 0 Å². The zero-order valence-electron chi connectivity index (χ0n) is 17.4. The quantitative estimate of drug-likeness (QED) is 0.316. The van der Waals surface area contributed by atoms with E-state index in [9.17, 15) is 8.42 Å². The predicted octanol–water partition coefficient (Wildman–Crippen LogP) is 4.82. The molecule has 0 radical (unpaired) electrons. The molecule has 4 aromatic rings. The van der Waals surface area contributed by atoms with Gasteiger partial charge in [-0.25, -0.2) is 8.42 Å². The average Bonchev–Trinajstić information content (AvgIpc) is 3.34. The normalized spacial score (nSPS) is 11.7. The van der Waals surface area contributed by atoms with Crippen LogP contribution in [0.3, 0.4) is 0 Å². The summed E-state index contributed by atoms with van der Waals surface area (Å²) in [5, 5.41) is 4.41. The van der Waals surface area contributed by atoms with Gasteiger partial charge in [-0.05, 0) is 55.8 Å². The molecule has 8 heteroatoms. The first-order chi connectivity index (χ1) is 14.9. The number of sulfonamides is 1. The first kappa shape index (κ1) is 21.4. The monoisotopic (exact) mass is 455 g/mol. The van der Waals surface area contributed by atoms with E-state index in [1.165, 1.54) is 11.3 Å². The van der Waals surface area contributed by atoms with Crippen molar-refractivity contribution < 1.29 is 13.2 Å². The number of aromatic nitrogens is 1. The Bertz CT molecular complexity index is 1290. The van der Waals surface area contributed by atoms with Crippen LogP contribution in [-0.2, 0) is 16.6 Å². The van der Waals surface area contributed by atoms with Crippen LogP contribution in [0.2, 0.25) is 0 Å². The van der Waals surface area contributed by atoms with E-state index in [1.54, 1.807) is 12.1 Å². The second kappa shape index (κ2) is 9.13. The summed E-state index contributed by atoms with van der Waals surface area (Å²) in [6.07, 6.45) is 1.90. The number of benzene rings is 2. The highest BCUT2D eigenvalue weighted by Crippen LogP contribution is 2.27. The third kappa shape index (κ3) is 5.10. The Morgan fingerprint density at radius 3 is 2.71 bits per heavy atom. The molecule has 0 amide bonds. The Kier molecular flexibility index (Phi) is 6.31. The molecule has 0 unspecified atom stereocenters. The second-order valence-corrected chi connectivity index (χ2v) is 10.4. The van der Waals surface area contributed by atoms with Crippen molar-refractivity contribution in [2.75, 3.05) is 17.9 Å². The molecule has 0 aliphatic rings. The Balaban J connectivity index is 1.30. The van der Waals surface area contributed by atoms with Gasteiger partial charge in [0.2, 0.25) is 0 Å². The van der Waals surface area contributed by atoms with Gasteiger partial charge in [0.15, 0.2) is 0 Å². The fraction of sp³-hybridized carbons (Fsp3) is 0.217. The summed E-state index contributed by atoms with van der Waals surface area (Å²) < 4.78 is 34.0. The maximum atomic E-state index is 12.7. The molecule has 0 atom stereocenters. The molecule has 0 fully saturated rings. The molecule has 3 N–H and O–H groups in total. The van der Waals surface area contributed by atoms with Gasteiger partial charge in [-0.3, -0.25) is 4.72 Å². The molecule has 2 aromatic heterocycles. The van der Waals surface area contributed by atoms with Gasteiger partial charge in [-0.1, -0.05) is 18.2 Å². The Labute approximate surface area is 186 Å². The lowest BCUT2D eigenvalue weighted by Crippen LogP contribution is -2.20. The molecule has 6 nitrogen and oxygen atoms in total. The summed E-state index contributed by atoms with van der Waals surface area (Å²) in [5.41, 5.74) is 2.60. The number of aryl methyl sites for hydroxylation is 2. The van der Waals surface area contributed by atoms with Gasteiger partial charge in [0, 0.05) is 45.6 Å². The first-order valence-corrected chi connectivity index (χ1v) is 12.3. The van der Waals surface area contributed by atoms with E-state index in [2.05, 4.69) is 15.0 Å². The molecule has 2 aromatic carbocycles. The fourth-order valence-corrected chi connectivity index (χ4v) is 6.08. The van der Waals surface area contributed by atoms with E-state index in [-0.39, 0.29) is 0 Å². The number of rotatable bonds is 9. The van der Waals surface area contributed by atoms with Gasteiger partial charge in [0.25, 0.3) is 10.0 Å². The highest BCUT2D eigenvalue weighted by Gasteiger charge is 2.19. The number of hydrogen-bond donors (Lipinski definition) is 3. The van der Waals surface area contributed by atoms with Crippen LogP contribution in [-0.4, -0.2) is 26.6 Å². The molecule has 0 spiro atoms. The average molecular weight is 456 g/mol. The van der Waals surface area contributed by atoms with Gasteiger partial charge in [0.1, 0.15) is 17.3 Å². The Morgan fingerprint density at radius 1 is 1.06 bits per heavy atom. The number of nitrogens with one attached hydrogen (secondary N) is 3. The van der Waals surface area contributed by atoms with Gasteiger partial charge in [-0.15, -0.1) is 11.3 Å². The summed E-state index contributed by atoms with van der Waals surface area (Å²) in [7, 11) is -3.60. The van der Waals surface area contributed by atoms with Crippen LogP contribution in [0.25, 0.3) is 10.9 Å². The summed E-state index contributed by atoms with van der Waals surface area (Å²) >= 11 is 1.48. The Hall–Kier alpha value is -2.81. The van der Waals surface area contributed by atoms with Crippen LogP contribution < -0.4 is 14.8 Å². The molecule has 31 heavy (non-hydrogen) atoms. The van der Waals surface area contributed by atoms with Gasteiger partial charge >= 0.3 is 0 Å². The summed E-state index contributed by atoms with van der Waals surface area (Å²) in [6.45, 7) is 5.55. The number of fused-ring (bicyclic) bond motifs is 1. The molecular weight excluding hydrogens is 430 g/mol. The number of ether oxygens (including phenoxy) is 1. The molecule has 0 saturated heterocycles. The molecular formula is C23H25N3O3S2. The fourth-order valence-electron chi connectivity index (χ4n) is 3.48. The molecule has 0 bridgehead atoms. The van der Waals surface area contributed by atoms with E-state index in [1.807, 2.05) is 62.5 Å². The van der Waals surface area contributed by atoms with E-state index in [0.717, 1.165) is 32.0 Å². The lowest BCUT2D eigenvalue weighted by Gasteiger charge is -2.11. The maximum Gasteiger partial charge on any atom is 0.262 e. The van der Waals surface area contributed by atoms with Crippen LogP contribution in [0.5, 0.6) is 5.75 Å². The molecule has 0 aliphatic carbocycles. The highest BCUT2D eigenvalue weighted by atomic mass is 32.2. The predicted molar refractivity (Wildman–Crippen MR) is 127 cm³/mol. The maximum absolute atomic E-state index is 12.7. The third-order valence-corrected chi connectivity index (χ3v) is 7.49. The topological polar surface area (TPSA) is 83.2 Å². The van der Waals surface area contributed by atoms with Crippen molar-refractivity contribution in [1.82, 2.24) is 10.3 Å². The SMILES string of the molecule is Cc1cc(S(=O)(=O)Nc2cccc(CNCCOc3cccc4[nH]ccc34)c2)c(C)s1. The van der Waals surface area contributed by atoms with Gasteiger partial charge < -0.3 is 15.0 Å². The Morgan fingerprint density at radius 2 is 1.90 bits per heavy atom. The van der Waals surface area contributed by atoms with E-state index < -0.39 is 10.0 Å². The summed E-state index contributed by atoms with van der Waals surface area (Å²) in [4.78, 5) is 5.28. The van der Waals surface area contributed by atoms with E-state index in [0.29, 0.717) is 30.3 Å². The van der Waals surface area contributed by atoms with Crippen molar-refractivity contribution in [2.24, 2.45) is 0 Å². The number of anilines is 1. The van der Waals surface area contributed by atoms with Crippen LogP contribution in [0.1, 0.15) is 15.3 Å².